The minimum Gasteiger partial charge on any atom is -0.352 e. The van der Waals surface area contributed by atoms with Gasteiger partial charge < -0.3 is 10.2 Å². The van der Waals surface area contributed by atoms with Crippen molar-refractivity contribution >= 4 is 50.7 Å². The van der Waals surface area contributed by atoms with Crippen molar-refractivity contribution in [3.63, 3.8) is 0 Å². The first kappa shape index (κ1) is 30.7. The number of carbonyl (C=O) groups is 2. The van der Waals surface area contributed by atoms with Crippen LogP contribution in [0.5, 0.6) is 0 Å². The summed E-state index contributed by atoms with van der Waals surface area (Å²) in [6, 6.07) is 6.95. The zero-order valence-electron chi connectivity index (χ0n) is 20.6. The molecule has 2 aromatic rings. The monoisotopic (exact) mass is 581 g/mol. The van der Waals surface area contributed by atoms with Crippen molar-refractivity contribution in [2.45, 2.75) is 52.0 Å². The largest absolute Gasteiger partial charge is 0.416 e. The molecule has 0 bridgehead atoms. The van der Waals surface area contributed by atoms with Crippen molar-refractivity contribution < 1.29 is 31.2 Å². The number of nitrogens with zero attached hydrogens (tertiary/aromatic N) is 2. The minimum atomic E-state index is -4.72. The highest BCUT2D eigenvalue weighted by atomic mass is 35.5. The van der Waals surface area contributed by atoms with Crippen LogP contribution in [-0.4, -0.2) is 50.0 Å². The normalized spacial score (nSPS) is 13.5. The van der Waals surface area contributed by atoms with E-state index in [0.717, 1.165) is 29.4 Å². The third-order valence-electron chi connectivity index (χ3n) is 5.66. The summed E-state index contributed by atoms with van der Waals surface area (Å²) in [6.07, 6.45) is -3.31. The predicted molar refractivity (Wildman–Crippen MR) is 138 cm³/mol. The molecule has 7 nitrogen and oxygen atoms in total. The quantitative estimate of drug-likeness (QED) is 0.422. The smallest absolute Gasteiger partial charge is 0.352 e. The van der Waals surface area contributed by atoms with Gasteiger partial charge in [0.05, 0.1) is 17.5 Å². The summed E-state index contributed by atoms with van der Waals surface area (Å²) in [6.45, 7) is 4.10. The summed E-state index contributed by atoms with van der Waals surface area (Å²) in [5, 5.41) is 3.34. The van der Waals surface area contributed by atoms with Crippen LogP contribution in [0.3, 0.4) is 0 Å². The average molecular weight is 582 g/mol. The fraction of sp³-hybridized carbons (Fsp3) is 0.417. The Labute approximate surface area is 224 Å². The fourth-order valence-corrected chi connectivity index (χ4v) is 4.64. The summed E-state index contributed by atoms with van der Waals surface area (Å²) >= 11 is 12.2. The first-order valence-electron chi connectivity index (χ1n) is 11.2. The second kappa shape index (κ2) is 12.4. The Hall–Kier alpha value is -2.50. The van der Waals surface area contributed by atoms with Gasteiger partial charge in [-0.2, -0.15) is 13.2 Å². The third kappa shape index (κ3) is 8.51. The van der Waals surface area contributed by atoms with Gasteiger partial charge in [-0.1, -0.05) is 42.3 Å². The van der Waals surface area contributed by atoms with Crippen LogP contribution in [0.15, 0.2) is 42.5 Å². The zero-order valence-corrected chi connectivity index (χ0v) is 23.0. The fourth-order valence-electron chi connectivity index (χ4n) is 3.33. The molecule has 0 saturated carbocycles. The molecule has 37 heavy (non-hydrogen) atoms. The molecule has 0 aliphatic rings. The van der Waals surface area contributed by atoms with Crippen LogP contribution in [-0.2, 0) is 32.3 Å². The highest BCUT2D eigenvalue weighted by Crippen LogP contribution is 2.32. The van der Waals surface area contributed by atoms with E-state index in [4.69, 9.17) is 23.2 Å². The number of nitrogens with one attached hydrogen (secondary N) is 1. The van der Waals surface area contributed by atoms with E-state index in [0.29, 0.717) is 27.4 Å². The Balaban J connectivity index is 2.48. The van der Waals surface area contributed by atoms with Crippen LogP contribution in [0.25, 0.3) is 0 Å². The van der Waals surface area contributed by atoms with Gasteiger partial charge in [-0.05, 0) is 56.2 Å². The van der Waals surface area contributed by atoms with Crippen molar-refractivity contribution in [2.24, 2.45) is 0 Å². The Morgan fingerprint density at radius 2 is 1.73 bits per heavy atom. The van der Waals surface area contributed by atoms with Gasteiger partial charge in [0, 0.05) is 22.6 Å². The predicted octanol–water partition coefficient (Wildman–Crippen LogP) is 5.11. The van der Waals surface area contributed by atoms with E-state index in [1.807, 2.05) is 6.92 Å². The Kier molecular flexibility index (Phi) is 10.3. The molecule has 0 unspecified atom stereocenters. The van der Waals surface area contributed by atoms with Gasteiger partial charge >= 0.3 is 6.18 Å². The van der Waals surface area contributed by atoms with Gasteiger partial charge in [-0.3, -0.25) is 13.9 Å². The molecule has 204 valence electrons. The lowest BCUT2D eigenvalue weighted by Gasteiger charge is -2.32. The highest BCUT2D eigenvalue weighted by molar-refractivity contribution is 7.92. The number of sulfonamides is 1. The van der Waals surface area contributed by atoms with Gasteiger partial charge in [0.1, 0.15) is 12.6 Å². The standard InChI is InChI=1S/C24H28Cl2F3N3O4S/c1-5-15(2)30-23(34)16(3)31(13-17-9-10-19(25)12-21(17)26)22(33)14-32(37(4,35)36)20-8-6-7-18(11-20)24(27,28)29/h6-12,15-16H,5,13-14H2,1-4H3,(H,30,34)/t15-,16-/m0/s1. The van der Waals surface area contributed by atoms with E-state index in [1.165, 1.54) is 13.0 Å². The lowest BCUT2D eigenvalue weighted by Crippen LogP contribution is -2.52. The van der Waals surface area contributed by atoms with Crippen LogP contribution >= 0.6 is 23.2 Å². The SMILES string of the molecule is CC[C@H](C)NC(=O)[C@H](C)N(Cc1ccc(Cl)cc1Cl)C(=O)CN(c1cccc(C(F)(F)F)c1)S(C)(=O)=O. The second-order valence-electron chi connectivity index (χ2n) is 8.57. The molecule has 0 heterocycles. The van der Waals surface area contributed by atoms with Crippen LogP contribution in [0.4, 0.5) is 18.9 Å². The Morgan fingerprint density at radius 3 is 2.27 bits per heavy atom. The zero-order chi connectivity index (χ0) is 28.1. The van der Waals surface area contributed by atoms with E-state index >= 15 is 0 Å². The molecule has 0 spiro atoms. The van der Waals surface area contributed by atoms with E-state index in [2.05, 4.69) is 5.32 Å². The molecule has 0 aliphatic heterocycles. The summed E-state index contributed by atoms with van der Waals surface area (Å²) in [5.41, 5.74) is -0.975. The third-order valence-corrected chi connectivity index (χ3v) is 7.39. The number of halogens is 5. The lowest BCUT2D eigenvalue weighted by atomic mass is 10.1. The number of anilines is 1. The molecule has 2 aromatic carbocycles. The summed E-state index contributed by atoms with van der Waals surface area (Å²) in [7, 11) is -4.19. The van der Waals surface area contributed by atoms with Crippen LogP contribution in [0.2, 0.25) is 10.0 Å². The topological polar surface area (TPSA) is 86.8 Å². The molecule has 0 aromatic heterocycles. The number of rotatable bonds is 10. The average Bonchev–Trinajstić information content (AvgIpc) is 2.80. The molecular weight excluding hydrogens is 554 g/mol. The van der Waals surface area contributed by atoms with Gasteiger partial charge in [-0.25, -0.2) is 8.42 Å². The number of benzene rings is 2. The molecular formula is C24H28Cl2F3N3O4S. The summed E-state index contributed by atoms with van der Waals surface area (Å²) in [5.74, 6) is -1.31. The van der Waals surface area contributed by atoms with Crippen molar-refractivity contribution in [1.29, 1.82) is 0 Å². The van der Waals surface area contributed by atoms with E-state index in [-0.39, 0.29) is 23.3 Å². The van der Waals surface area contributed by atoms with Crippen molar-refractivity contribution in [1.82, 2.24) is 10.2 Å². The van der Waals surface area contributed by atoms with E-state index < -0.39 is 46.2 Å². The van der Waals surface area contributed by atoms with Gasteiger partial charge in [-0.15, -0.1) is 0 Å². The van der Waals surface area contributed by atoms with Crippen LogP contribution in [0, 0.1) is 0 Å². The number of carbonyl (C=O) groups excluding carboxylic acids is 2. The van der Waals surface area contributed by atoms with E-state index in [9.17, 15) is 31.2 Å². The van der Waals surface area contributed by atoms with Crippen LogP contribution in [0.1, 0.15) is 38.3 Å². The molecule has 2 rings (SSSR count). The van der Waals surface area contributed by atoms with Crippen molar-refractivity contribution in [3.05, 3.63) is 63.6 Å². The molecule has 0 aliphatic carbocycles. The van der Waals surface area contributed by atoms with Gasteiger partial charge in [0.25, 0.3) is 0 Å². The minimum absolute atomic E-state index is 0.176. The van der Waals surface area contributed by atoms with Crippen molar-refractivity contribution in [3.8, 4) is 0 Å². The molecule has 0 radical (unpaired) electrons. The van der Waals surface area contributed by atoms with E-state index in [1.54, 1.807) is 19.1 Å². The molecule has 13 heteroatoms. The number of hydrogen-bond acceptors (Lipinski definition) is 4. The molecule has 0 fully saturated rings. The number of amides is 2. The van der Waals surface area contributed by atoms with Crippen LogP contribution < -0.4 is 9.62 Å². The van der Waals surface area contributed by atoms with Crippen molar-refractivity contribution in [2.75, 3.05) is 17.1 Å². The first-order chi connectivity index (χ1) is 17.0. The highest BCUT2D eigenvalue weighted by Gasteiger charge is 2.34. The maximum atomic E-state index is 13.5. The summed E-state index contributed by atoms with van der Waals surface area (Å²) in [4.78, 5) is 27.5. The first-order valence-corrected chi connectivity index (χ1v) is 13.8. The maximum absolute atomic E-state index is 13.5. The molecule has 1 N–H and O–H groups in total. The van der Waals surface area contributed by atoms with Gasteiger partial charge in [0.15, 0.2) is 0 Å². The number of alkyl halides is 3. The molecule has 0 saturated heterocycles. The summed E-state index contributed by atoms with van der Waals surface area (Å²) < 4.78 is 65.4. The molecule has 2 atom stereocenters. The second-order valence-corrected chi connectivity index (χ2v) is 11.3. The Morgan fingerprint density at radius 1 is 1.08 bits per heavy atom. The Bertz CT molecular complexity index is 1240. The maximum Gasteiger partial charge on any atom is 0.416 e. The molecule has 2 amide bonds. The lowest BCUT2D eigenvalue weighted by molar-refractivity contribution is -0.139. The number of hydrogen-bond donors (Lipinski definition) is 1. The van der Waals surface area contributed by atoms with Gasteiger partial charge in [0.2, 0.25) is 21.8 Å².